The number of furan rings is 1. The predicted octanol–water partition coefficient (Wildman–Crippen LogP) is 6.96. The van der Waals surface area contributed by atoms with Crippen molar-refractivity contribution in [2.75, 3.05) is 0 Å². The summed E-state index contributed by atoms with van der Waals surface area (Å²) in [6.07, 6.45) is 2.24. The second-order valence-corrected chi connectivity index (χ2v) is 6.72. The Bertz CT molecular complexity index is 814. The summed E-state index contributed by atoms with van der Waals surface area (Å²) in [5, 5.41) is 4.39. The van der Waals surface area contributed by atoms with Crippen LogP contribution in [0.2, 0.25) is 5.02 Å². The maximum atomic E-state index is 6.22. The molecule has 0 aliphatic heterocycles. The molecule has 1 N–H and O–H groups in total. The van der Waals surface area contributed by atoms with E-state index < -0.39 is 0 Å². The van der Waals surface area contributed by atoms with E-state index in [2.05, 4.69) is 42.6 Å². The Labute approximate surface area is 167 Å². The monoisotopic (exact) mass is 389 g/mol. The number of nitrogens with one attached hydrogen (secondary N) is 1. The summed E-state index contributed by atoms with van der Waals surface area (Å²) in [6.45, 7) is 4.94. The molecule has 4 heteroatoms. The van der Waals surface area contributed by atoms with Crippen LogP contribution in [0, 0.1) is 6.92 Å². The van der Waals surface area contributed by atoms with Gasteiger partial charge in [-0.05, 0) is 42.7 Å². The molecule has 0 bridgehead atoms. The van der Waals surface area contributed by atoms with Gasteiger partial charge in [-0.2, -0.15) is 0 Å². The van der Waals surface area contributed by atoms with E-state index in [1.54, 1.807) is 0 Å². The van der Waals surface area contributed by atoms with Crippen molar-refractivity contribution < 1.29 is 4.42 Å². The van der Waals surface area contributed by atoms with Crippen molar-refractivity contribution in [3.05, 3.63) is 82.6 Å². The van der Waals surface area contributed by atoms with Crippen LogP contribution < -0.4 is 5.32 Å². The third kappa shape index (κ3) is 4.91. The van der Waals surface area contributed by atoms with E-state index in [0.29, 0.717) is 12.6 Å². The van der Waals surface area contributed by atoms with Crippen LogP contribution in [0.4, 0.5) is 0 Å². The van der Waals surface area contributed by atoms with Gasteiger partial charge in [0.05, 0.1) is 6.54 Å². The highest BCUT2D eigenvalue weighted by Crippen LogP contribution is 2.30. The minimum Gasteiger partial charge on any atom is -0.460 e. The SMILES string of the molecule is CCCC(NCc1ccc(-c2cccc(Cl)c2C)o1)c1ccccc1.Cl. The molecule has 2 nitrogen and oxygen atoms in total. The zero-order chi connectivity index (χ0) is 17.6. The van der Waals surface area contributed by atoms with Crippen LogP contribution in [-0.2, 0) is 6.54 Å². The lowest BCUT2D eigenvalue weighted by Gasteiger charge is -2.18. The quantitative estimate of drug-likeness (QED) is 0.472. The van der Waals surface area contributed by atoms with Gasteiger partial charge in [0.15, 0.2) is 0 Å². The van der Waals surface area contributed by atoms with Gasteiger partial charge in [0.25, 0.3) is 0 Å². The Kier molecular flexibility index (Phi) is 7.77. The first-order valence-electron chi connectivity index (χ1n) is 8.81. The van der Waals surface area contributed by atoms with Crippen molar-refractivity contribution in [2.24, 2.45) is 0 Å². The molecule has 3 rings (SSSR count). The molecular weight excluding hydrogens is 365 g/mol. The molecule has 0 aliphatic carbocycles. The number of hydrogen-bond donors (Lipinski definition) is 1. The van der Waals surface area contributed by atoms with Gasteiger partial charge in [-0.15, -0.1) is 12.4 Å². The highest BCUT2D eigenvalue weighted by Gasteiger charge is 2.12. The summed E-state index contributed by atoms with van der Waals surface area (Å²) in [4.78, 5) is 0. The normalized spacial score (nSPS) is 11.8. The molecule has 0 amide bonds. The first-order chi connectivity index (χ1) is 12.2. The zero-order valence-corrected chi connectivity index (χ0v) is 16.7. The molecule has 1 atom stereocenters. The molecule has 26 heavy (non-hydrogen) atoms. The van der Waals surface area contributed by atoms with E-state index in [-0.39, 0.29) is 12.4 Å². The summed E-state index contributed by atoms with van der Waals surface area (Å²) in [6, 6.07) is 20.9. The fourth-order valence-corrected chi connectivity index (χ4v) is 3.25. The second-order valence-electron chi connectivity index (χ2n) is 6.31. The Morgan fingerprint density at radius 3 is 2.50 bits per heavy atom. The fraction of sp³-hybridized carbons (Fsp3) is 0.273. The van der Waals surface area contributed by atoms with Gasteiger partial charge in [0.1, 0.15) is 11.5 Å². The van der Waals surface area contributed by atoms with Gasteiger partial charge in [-0.1, -0.05) is 67.4 Å². The van der Waals surface area contributed by atoms with Crippen molar-refractivity contribution in [3.63, 3.8) is 0 Å². The van der Waals surface area contributed by atoms with Crippen molar-refractivity contribution in [1.82, 2.24) is 5.32 Å². The van der Waals surface area contributed by atoms with E-state index in [4.69, 9.17) is 16.0 Å². The lowest BCUT2D eigenvalue weighted by molar-refractivity contribution is 0.438. The van der Waals surface area contributed by atoms with Gasteiger partial charge in [-0.3, -0.25) is 0 Å². The Morgan fingerprint density at radius 1 is 1.00 bits per heavy atom. The summed E-state index contributed by atoms with van der Waals surface area (Å²) in [5.74, 6) is 1.80. The van der Waals surface area contributed by atoms with Crippen LogP contribution >= 0.6 is 24.0 Å². The van der Waals surface area contributed by atoms with Crippen LogP contribution in [0.3, 0.4) is 0 Å². The summed E-state index contributed by atoms with van der Waals surface area (Å²) in [5.41, 5.74) is 3.42. The van der Waals surface area contributed by atoms with Gasteiger partial charge in [0.2, 0.25) is 0 Å². The smallest absolute Gasteiger partial charge is 0.134 e. The molecule has 1 aromatic heterocycles. The molecule has 0 spiro atoms. The third-order valence-electron chi connectivity index (χ3n) is 4.50. The summed E-state index contributed by atoms with van der Waals surface area (Å²) in [7, 11) is 0. The van der Waals surface area contributed by atoms with Gasteiger partial charge < -0.3 is 9.73 Å². The molecular formula is C22H25Cl2NO. The molecule has 0 saturated carbocycles. The Balaban J connectivity index is 0.00000243. The van der Waals surface area contributed by atoms with Gasteiger partial charge >= 0.3 is 0 Å². The molecule has 0 fully saturated rings. The van der Waals surface area contributed by atoms with Crippen LogP contribution in [0.5, 0.6) is 0 Å². The lowest BCUT2D eigenvalue weighted by atomic mass is 10.0. The maximum absolute atomic E-state index is 6.22. The van der Waals surface area contributed by atoms with Crippen LogP contribution in [0.15, 0.2) is 65.1 Å². The minimum atomic E-state index is 0. The summed E-state index contributed by atoms with van der Waals surface area (Å²) < 4.78 is 6.05. The number of hydrogen-bond acceptors (Lipinski definition) is 2. The standard InChI is InChI=1S/C22H24ClNO.ClH/c1-3-8-21(17-9-5-4-6-10-17)24-15-18-13-14-22(25-18)19-11-7-12-20(23)16(19)2;/h4-7,9-14,21,24H,3,8,15H2,1-2H3;1H. The Hall–Kier alpha value is -1.74. The average Bonchev–Trinajstić information content (AvgIpc) is 3.10. The van der Waals surface area contributed by atoms with Crippen LogP contribution in [0.25, 0.3) is 11.3 Å². The molecule has 3 aromatic rings. The van der Waals surface area contributed by atoms with E-state index in [0.717, 1.165) is 40.5 Å². The highest BCUT2D eigenvalue weighted by atomic mass is 35.5. The largest absolute Gasteiger partial charge is 0.460 e. The highest BCUT2D eigenvalue weighted by molar-refractivity contribution is 6.31. The maximum Gasteiger partial charge on any atom is 0.134 e. The Morgan fingerprint density at radius 2 is 1.77 bits per heavy atom. The molecule has 2 aromatic carbocycles. The van der Waals surface area contributed by atoms with Crippen molar-refractivity contribution in [2.45, 2.75) is 39.3 Å². The van der Waals surface area contributed by atoms with Gasteiger partial charge in [-0.25, -0.2) is 0 Å². The molecule has 1 unspecified atom stereocenters. The molecule has 0 radical (unpaired) electrons. The first-order valence-corrected chi connectivity index (χ1v) is 9.19. The third-order valence-corrected chi connectivity index (χ3v) is 4.91. The summed E-state index contributed by atoms with van der Waals surface area (Å²) >= 11 is 6.22. The topological polar surface area (TPSA) is 25.2 Å². The first kappa shape index (κ1) is 20.6. The predicted molar refractivity (Wildman–Crippen MR) is 112 cm³/mol. The van der Waals surface area contributed by atoms with E-state index in [1.165, 1.54) is 5.56 Å². The average molecular weight is 390 g/mol. The van der Waals surface area contributed by atoms with Crippen molar-refractivity contribution >= 4 is 24.0 Å². The van der Waals surface area contributed by atoms with Crippen molar-refractivity contribution in [1.29, 1.82) is 0 Å². The number of benzene rings is 2. The van der Waals surface area contributed by atoms with Crippen LogP contribution in [-0.4, -0.2) is 0 Å². The van der Waals surface area contributed by atoms with Gasteiger partial charge in [0, 0.05) is 16.6 Å². The zero-order valence-electron chi connectivity index (χ0n) is 15.2. The molecule has 0 saturated heterocycles. The van der Waals surface area contributed by atoms with Crippen LogP contribution in [0.1, 0.15) is 42.7 Å². The van der Waals surface area contributed by atoms with Crippen molar-refractivity contribution in [3.8, 4) is 11.3 Å². The lowest BCUT2D eigenvalue weighted by Crippen LogP contribution is -2.20. The molecule has 138 valence electrons. The van der Waals surface area contributed by atoms with E-state index >= 15 is 0 Å². The minimum absolute atomic E-state index is 0. The number of halogens is 2. The van der Waals surface area contributed by atoms with E-state index in [1.807, 2.05) is 37.3 Å². The molecule has 0 aliphatic rings. The number of rotatable bonds is 7. The molecule has 1 heterocycles. The van der Waals surface area contributed by atoms with E-state index in [9.17, 15) is 0 Å². The fourth-order valence-electron chi connectivity index (χ4n) is 3.08. The second kappa shape index (κ2) is 9.82.